The molecule has 0 saturated carbocycles. The van der Waals surface area contributed by atoms with E-state index in [1.54, 1.807) is 20.8 Å². The SMILES string of the molecule is CC(C)(C)OC(=O)NCC=O.Cc1c[nH]c2ccccc12. The van der Waals surface area contributed by atoms with Gasteiger partial charge < -0.3 is 19.8 Å². The molecule has 0 aliphatic rings. The van der Waals surface area contributed by atoms with Crippen LogP contribution in [0.25, 0.3) is 10.9 Å². The molecule has 1 amide bonds. The van der Waals surface area contributed by atoms with E-state index < -0.39 is 11.7 Å². The number of H-pyrrole nitrogens is 1. The van der Waals surface area contributed by atoms with E-state index in [1.807, 2.05) is 12.3 Å². The molecule has 0 atom stereocenters. The summed E-state index contributed by atoms with van der Waals surface area (Å²) in [4.78, 5) is 23.7. The minimum absolute atomic E-state index is 0.00505. The zero-order chi connectivity index (χ0) is 15.9. The smallest absolute Gasteiger partial charge is 0.408 e. The van der Waals surface area contributed by atoms with Crippen LogP contribution in [0.1, 0.15) is 26.3 Å². The number of alkyl carbamates (subject to hydrolysis) is 1. The molecule has 0 radical (unpaired) electrons. The van der Waals surface area contributed by atoms with E-state index in [9.17, 15) is 9.59 Å². The van der Waals surface area contributed by atoms with Crippen LogP contribution in [0.3, 0.4) is 0 Å². The van der Waals surface area contributed by atoms with Crippen molar-refractivity contribution in [3.63, 3.8) is 0 Å². The molecular formula is C16H22N2O3. The van der Waals surface area contributed by atoms with E-state index >= 15 is 0 Å². The molecule has 2 aromatic rings. The fourth-order valence-electron chi connectivity index (χ4n) is 1.66. The van der Waals surface area contributed by atoms with Gasteiger partial charge in [0.05, 0.1) is 6.54 Å². The summed E-state index contributed by atoms with van der Waals surface area (Å²) in [6.07, 6.45) is 2.07. The summed E-state index contributed by atoms with van der Waals surface area (Å²) in [5.41, 5.74) is 2.03. The first-order valence-corrected chi connectivity index (χ1v) is 6.76. The topological polar surface area (TPSA) is 71.2 Å². The number of benzene rings is 1. The molecule has 0 bridgehead atoms. The van der Waals surface area contributed by atoms with Gasteiger partial charge in [-0.05, 0) is 39.3 Å². The Morgan fingerprint density at radius 3 is 2.57 bits per heavy atom. The maximum absolute atomic E-state index is 10.7. The lowest BCUT2D eigenvalue weighted by Crippen LogP contribution is -2.33. The summed E-state index contributed by atoms with van der Waals surface area (Å²) in [6, 6.07) is 8.31. The highest BCUT2D eigenvalue weighted by atomic mass is 16.6. The third kappa shape index (κ3) is 6.12. The number of aldehydes is 1. The Balaban J connectivity index is 0.000000210. The molecular weight excluding hydrogens is 268 g/mol. The van der Waals surface area contributed by atoms with Crippen LogP contribution in [0.15, 0.2) is 30.5 Å². The number of ether oxygens (including phenoxy) is 1. The normalized spacial score (nSPS) is 10.5. The van der Waals surface area contributed by atoms with Crippen molar-refractivity contribution in [2.75, 3.05) is 6.54 Å². The van der Waals surface area contributed by atoms with Gasteiger partial charge in [-0.1, -0.05) is 18.2 Å². The van der Waals surface area contributed by atoms with E-state index in [4.69, 9.17) is 4.74 Å². The fraction of sp³-hybridized carbons (Fsp3) is 0.375. The molecule has 1 heterocycles. The van der Waals surface area contributed by atoms with Gasteiger partial charge in [0.25, 0.3) is 0 Å². The number of hydrogen-bond acceptors (Lipinski definition) is 3. The first-order valence-electron chi connectivity index (χ1n) is 6.76. The summed E-state index contributed by atoms with van der Waals surface area (Å²) < 4.78 is 4.83. The molecule has 5 nitrogen and oxygen atoms in total. The first-order chi connectivity index (χ1) is 9.83. The summed E-state index contributed by atoms with van der Waals surface area (Å²) in [5, 5.41) is 3.58. The Morgan fingerprint density at radius 2 is 2.00 bits per heavy atom. The highest BCUT2D eigenvalue weighted by molar-refractivity contribution is 5.82. The lowest BCUT2D eigenvalue weighted by molar-refractivity contribution is -0.107. The molecule has 2 N–H and O–H groups in total. The Morgan fingerprint density at radius 1 is 1.33 bits per heavy atom. The van der Waals surface area contributed by atoms with Gasteiger partial charge in [0.15, 0.2) is 0 Å². The Hall–Kier alpha value is -2.30. The summed E-state index contributed by atoms with van der Waals surface area (Å²) in [6.45, 7) is 7.38. The monoisotopic (exact) mass is 290 g/mol. The van der Waals surface area contributed by atoms with Crippen LogP contribution in [0.4, 0.5) is 4.79 Å². The summed E-state index contributed by atoms with van der Waals surface area (Å²) in [5.74, 6) is 0. The number of nitrogens with one attached hydrogen (secondary N) is 2. The summed E-state index contributed by atoms with van der Waals surface area (Å²) in [7, 11) is 0. The maximum atomic E-state index is 10.7. The number of carbonyl (C=O) groups is 2. The van der Waals surface area contributed by atoms with Crippen LogP contribution in [0.5, 0.6) is 0 Å². The number of aryl methyl sites for hydroxylation is 1. The molecule has 0 unspecified atom stereocenters. The molecule has 0 aliphatic heterocycles. The van der Waals surface area contributed by atoms with Crippen LogP contribution in [0.2, 0.25) is 0 Å². The van der Waals surface area contributed by atoms with Crippen LogP contribution < -0.4 is 5.32 Å². The van der Waals surface area contributed by atoms with Crippen molar-refractivity contribution < 1.29 is 14.3 Å². The molecule has 1 aromatic heterocycles. The van der Waals surface area contributed by atoms with Crippen LogP contribution in [-0.4, -0.2) is 29.5 Å². The van der Waals surface area contributed by atoms with Crippen LogP contribution in [-0.2, 0) is 9.53 Å². The second kappa shape index (κ2) is 7.47. The largest absolute Gasteiger partial charge is 0.444 e. The van der Waals surface area contributed by atoms with E-state index in [-0.39, 0.29) is 6.54 Å². The lowest BCUT2D eigenvalue weighted by Gasteiger charge is -2.18. The average Bonchev–Trinajstić information content (AvgIpc) is 2.78. The van der Waals surface area contributed by atoms with Gasteiger partial charge in [0, 0.05) is 17.1 Å². The number of para-hydroxylation sites is 1. The van der Waals surface area contributed by atoms with Gasteiger partial charge in [0.2, 0.25) is 0 Å². The van der Waals surface area contributed by atoms with Crippen molar-refractivity contribution in [3.8, 4) is 0 Å². The average molecular weight is 290 g/mol. The number of fused-ring (bicyclic) bond motifs is 1. The molecule has 5 heteroatoms. The fourth-order valence-corrected chi connectivity index (χ4v) is 1.66. The second-order valence-electron chi connectivity index (χ2n) is 5.57. The molecule has 21 heavy (non-hydrogen) atoms. The van der Waals surface area contributed by atoms with Crippen molar-refractivity contribution in [2.45, 2.75) is 33.3 Å². The highest BCUT2D eigenvalue weighted by Gasteiger charge is 2.14. The van der Waals surface area contributed by atoms with E-state index in [0.29, 0.717) is 6.29 Å². The van der Waals surface area contributed by atoms with Crippen molar-refractivity contribution in [2.24, 2.45) is 0 Å². The number of aromatic nitrogens is 1. The van der Waals surface area contributed by atoms with Crippen LogP contribution in [0, 0.1) is 6.92 Å². The number of rotatable bonds is 2. The predicted octanol–water partition coefficient (Wildman–Crippen LogP) is 3.19. The minimum atomic E-state index is -0.565. The van der Waals surface area contributed by atoms with Gasteiger partial charge >= 0.3 is 6.09 Å². The number of hydrogen-bond donors (Lipinski definition) is 2. The van der Waals surface area contributed by atoms with Crippen molar-refractivity contribution in [3.05, 3.63) is 36.0 Å². The molecule has 0 spiro atoms. The van der Waals surface area contributed by atoms with Gasteiger partial charge in [0.1, 0.15) is 11.9 Å². The standard InChI is InChI=1S/C9H9N.C7H13NO3/c1-7-6-10-9-5-3-2-4-8(7)9;1-7(2,3)11-6(10)8-4-5-9/h2-6,10H,1H3;5H,4H2,1-3H3,(H,8,10). The molecule has 114 valence electrons. The van der Waals surface area contributed by atoms with Gasteiger partial charge in [-0.3, -0.25) is 0 Å². The Bertz CT molecular complexity index is 597. The highest BCUT2D eigenvalue weighted by Crippen LogP contribution is 2.15. The zero-order valence-corrected chi connectivity index (χ0v) is 12.9. The van der Waals surface area contributed by atoms with Crippen molar-refractivity contribution in [1.82, 2.24) is 10.3 Å². The van der Waals surface area contributed by atoms with E-state index in [0.717, 1.165) is 0 Å². The van der Waals surface area contributed by atoms with Gasteiger partial charge in [-0.2, -0.15) is 0 Å². The minimum Gasteiger partial charge on any atom is -0.444 e. The van der Waals surface area contributed by atoms with Crippen molar-refractivity contribution in [1.29, 1.82) is 0 Å². The molecule has 0 saturated heterocycles. The number of carbonyl (C=O) groups excluding carboxylic acids is 2. The summed E-state index contributed by atoms with van der Waals surface area (Å²) >= 11 is 0. The number of amides is 1. The Kier molecular flexibility index (Phi) is 5.96. The molecule has 0 fully saturated rings. The van der Waals surface area contributed by atoms with Crippen LogP contribution >= 0.6 is 0 Å². The first kappa shape index (κ1) is 16.8. The Labute approximate surface area is 124 Å². The van der Waals surface area contributed by atoms with E-state index in [2.05, 4.69) is 35.4 Å². The van der Waals surface area contributed by atoms with Crippen molar-refractivity contribution >= 4 is 23.3 Å². The molecule has 2 rings (SSSR count). The predicted molar refractivity (Wildman–Crippen MR) is 83.3 cm³/mol. The number of aromatic amines is 1. The molecule has 0 aliphatic carbocycles. The quantitative estimate of drug-likeness (QED) is 0.834. The third-order valence-corrected chi connectivity index (χ3v) is 2.52. The second-order valence-corrected chi connectivity index (χ2v) is 5.57. The van der Waals surface area contributed by atoms with E-state index in [1.165, 1.54) is 16.5 Å². The van der Waals surface area contributed by atoms with Gasteiger partial charge in [-0.15, -0.1) is 0 Å². The molecule has 1 aromatic carbocycles. The zero-order valence-electron chi connectivity index (χ0n) is 12.9. The maximum Gasteiger partial charge on any atom is 0.408 e. The lowest BCUT2D eigenvalue weighted by atomic mass is 10.2. The third-order valence-electron chi connectivity index (χ3n) is 2.52. The van der Waals surface area contributed by atoms with Gasteiger partial charge in [-0.25, -0.2) is 4.79 Å².